The first-order chi connectivity index (χ1) is 9.05. The number of aromatic nitrogens is 3. The van der Waals surface area contributed by atoms with Crippen LogP contribution >= 0.6 is 0 Å². The molecular weight excluding hydrogens is 266 g/mol. The summed E-state index contributed by atoms with van der Waals surface area (Å²) in [6.45, 7) is 6.25. The minimum atomic E-state index is -0.803. The molecular formula is C11H21N5O2S. The third kappa shape index (κ3) is 5.82. The summed E-state index contributed by atoms with van der Waals surface area (Å²) in [7, 11) is 0.924. The van der Waals surface area contributed by atoms with Crippen molar-refractivity contribution in [3.05, 3.63) is 0 Å². The molecule has 1 aromatic rings. The van der Waals surface area contributed by atoms with Crippen LogP contribution in [0.4, 0.5) is 11.9 Å². The minimum Gasteiger partial charge on any atom is -0.461 e. The van der Waals surface area contributed by atoms with E-state index in [9.17, 15) is 4.21 Å². The molecule has 0 aliphatic rings. The number of nitrogens with one attached hydrogen (secondary N) is 2. The zero-order chi connectivity index (χ0) is 14.3. The van der Waals surface area contributed by atoms with Gasteiger partial charge in [-0.2, -0.15) is 15.0 Å². The SMILES string of the molecule is CCS(=O)CCNc1nc(NC)nc(OC(C)C)n1. The molecule has 0 fully saturated rings. The van der Waals surface area contributed by atoms with Crippen molar-refractivity contribution in [2.75, 3.05) is 35.7 Å². The first-order valence-corrected chi connectivity index (χ1v) is 7.73. The third-order valence-corrected chi connectivity index (χ3v) is 3.42. The van der Waals surface area contributed by atoms with Crippen molar-refractivity contribution in [3.63, 3.8) is 0 Å². The van der Waals surface area contributed by atoms with Crippen LogP contribution in [0.25, 0.3) is 0 Å². The molecule has 0 radical (unpaired) electrons. The monoisotopic (exact) mass is 287 g/mol. The van der Waals surface area contributed by atoms with Gasteiger partial charge < -0.3 is 15.4 Å². The summed E-state index contributed by atoms with van der Waals surface area (Å²) in [4.78, 5) is 12.4. The normalized spacial score (nSPS) is 12.3. The highest BCUT2D eigenvalue weighted by Gasteiger charge is 2.08. The van der Waals surface area contributed by atoms with Crippen molar-refractivity contribution in [3.8, 4) is 6.01 Å². The van der Waals surface area contributed by atoms with Gasteiger partial charge in [0.05, 0.1) is 6.10 Å². The van der Waals surface area contributed by atoms with Gasteiger partial charge in [-0.25, -0.2) is 0 Å². The quantitative estimate of drug-likeness (QED) is 0.733. The van der Waals surface area contributed by atoms with Gasteiger partial charge in [-0.15, -0.1) is 0 Å². The molecule has 1 atom stereocenters. The second kappa shape index (κ2) is 7.88. The van der Waals surface area contributed by atoms with Gasteiger partial charge in [0.2, 0.25) is 11.9 Å². The van der Waals surface area contributed by atoms with E-state index < -0.39 is 10.8 Å². The molecule has 7 nitrogen and oxygen atoms in total. The van der Waals surface area contributed by atoms with E-state index in [-0.39, 0.29) is 12.1 Å². The van der Waals surface area contributed by atoms with Crippen molar-refractivity contribution in [2.45, 2.75) is 26.9 Å². The molecule has 1 aromatic heterocycles. The van der Waals surface area contributed by atoms with E-state index in [1.54, 1.807) is 7.05 Å². The third-order valence-electron chi connectivity index (χ3n) is 2.11. The fourth-order valence-electron chi connectivity index (χ4n) is 1.23. The average molecular weight is 287 g/mol. The Morgan fingerprint density at radius 1 is 1.26 bits per heavy atom. The van der Waals surface area contributed by atoms with Gasteiger partial charge in [0, 0.05) is 35.9 Å². The number of ether oxygens (including phenoxy) is 1. The van der Waals surface area contributed by atoms with E-state index >= 15 is 0 Å². The Balaban J connectivity index is 2.68. The molecule has 0 aromatic carbocycles. The van der Waals surface area contributed by atoms with Crippen LogP contribution in [0.5, 0.6) is 6.01 Å². The zero-order valence-corrected chi connectivity index (χ0v) is 12.6. The van der Waals surface area contributed by atoms with Gasteiger partial charge in [-0.05, 0) is 13.8 Å². The zero-order valence-electron chi connectivity index (χ0n) is 11.8. The smallest absolute Gasteiger partial charge is 0.323 e. The summed E-state index contributed by atoms with van der Waals surface area (Å²) in [6, 6.07) is 0.272. The van der Waals surface area contributed by atoms with Gasteiger partial charge in [0.25, 0.3) is 0 Å². The fraction of sp³-hybridized carbons (Fsp3) is 0.727. The van der Waals surface area contributed by atoms with Crippen LogP contribution < -0.4 is 15.4 Å². The summed E-state index contributed by atoms with van der Waals surface area (Å²) in [5.74, 6) is 2.08. The van der Waals surface area contributed by atoms with Gasteiger partial charge in [-0.3, -0.25) is 4.21 Å². The first-order valence-electron chi connectivity index (χ1n) is 6.24. The van der Waals surface area contributed by atoms with E-state index in [2.05, 4.69) is 25.6 Å². The molecule has 1 unspecified atom stereocenters. The molecule has 8 heteroatoms. The molecule has 2 N–H and O–H groups in total. The number of rotatable bonds is 8. The second-order valence-corrected chi connectivity index (χ2v) is 5.91. The van der Waals surface area contributed by atoms with E-state index in [0.29, 0.717) is 29.9 Å². The van der Waals surface area contributed by atoms with E-state index in [4.69, 9.17) is 4.74 Å². The lowest BCUT2D eigenvalue weighted by molar-refractivity contribution is 0.222. The fourth-order valence-corrected chi connectivity index (χ4v) is 1.85. The van der Waals surface area contributed by atoms with Crippen LogP contribution in [0.2, 0.25) is 0 Å². The molecule has 0 spiro atoms. The maximum absolute atomic E-state index is 11.3. The van der Waals surface area contributed by atoms with E-state index in [1.165, 1.54) is 0 Å². The lowest BCUT2D eigenvalue weighted by atomic mass is 10.5. The Hall–Kier alpha value is -1.44. The summed E-state index contributed by atoms with van der Waals surface area (Å²) in [5, 5.41) is 5.87. The topological polar surface area (TPSA) is 89.0 Å². The Bertz CT molecular complexity index is 428. The molecule has 108 valence electrons. The highest BCUT2D eigenvalue weighted by molar-refractivity contribution is 7.84. The van der Waals surface area contributed by atoms with Crippen LogP contribution in [0.1, 0.15) is 20.8 Å². The van der Waals surface area contributed by atoms with Crippen molar-refractivity contribution >= 4 is 22.7 Å². The molecule has 1 heterocycles. The predicted octanol–water partition coefficient (Wildman–Crippen LogP) is 0.881. The van der Waals surface area contributed by atoms with Crippen molar-refractivity contribution in [2.24, 2.45) is 0 Å². The number of hydrogen-bond donors (Lipinski definition) is 2. The van der Waals surface area contributed by atoms with Gasteiger partial charge in [-0.1, -0.05) is 6.92 Å². The standard InChI is InChI=1S/C11H21N5O2S/c1-5-19(17)7-6-13-10-14-9(12-4)15-11(16-10)18-8(2)3/h8H,5-7H2,1-4H3,(H2,12,13,14,15,16). The molecule has 0 saturated heterocycles. The Kier molecular flexibility index (Phi) is 6.48. The highest BCUT2D eigenvalue weighted by atomic mass is 32.2. The lowest BCUT2D eigenvalue weighted by Crippen LogP contribution is -2.16. The largest absolute Gasteiger partial charge is 0.461 e. The molecule has 0 bridgehead atoms. The predicted molar refractivity (Wildman–Crippen MR) is 77.2 cm³/mol. The molecule has 0 amide bonds. The van der Waals surface area contributed by atoms with Crippen molar-refractivity contribution in [1.82, 2.24) is 15.0 Å². The lowest BCUT2D eigenvalue weighted by Gasteiger charge is -2.11. The van der Waals surface area contributed by atoms with Crippen LogP contribution in [0.3, 0.4) is 0 Å². The maximum atomic E-state index is 11.3. The minimum absolute atomic E-state index is 0.00690. The van der Waals surface area contributed by atoms with Crippen molar-refractivity contribution in [1.29, 1.82) is 0 Å². The number of nitrogens with zero attached hydrogens (tertiary/aromatic N) is 3. The first kappa shape index (κ1) is 15.6. The van der Waals surface area contributed by atoms with Crippen LogP contribution in [-0.4, -0.2) is 50.4 Å². The average Bonchev–Trinajstić information content (AvgIpc) is 2.37. The molecule has 0 aliphatic carbocycles. The van der Waals surface area contributed by atoms with Crippen LogP contribution in [0.15, 0.2) is 0 Å². The van der Waals surface area contributed by atoms with E-state index in [1.807, 2.05) is 20.8 Å². The molecule has 0 saturated carbocycles. The van der Waals surface area contributed by atoms with Crippen LogP contribution in [0, 0.1) is 0 Å². The summed E-state index contributed by atoms with van der Waals surface area (Å²) >= 11 is 0. The molecule has 1 rings (SSSR count). The molecule has 0 aliphatic heterocycles. The van der Waals surface area contributed by atoms with Gasteiger partial charge in [0.15, 0.2) is 0 Å². The van der Waals surface area contributed by atoms with Crippen LogP contribution in [-0.2, 0) is 10.8 Å². The number of anilines is 2. The van der Waals surface area contributed by atoms with Crippen molar-refractivity contribution < 1.29 is 8.95 Å². The maximum Gasteiger partial charge on any atom is 0.323 e. The summed E-state index contributed by atoms with van der Waals surface area (Å²) in [6.07, 6.45) is -0.00690. The highest BCUT2D eigenvalue weighted by Crippen LogP contribution is 2.11. The molecule has 19 heavy (non-hydrogen) atoms. The van der Waals surface area contributed by atoms with Gasteiger partial charge in [0.1, 0.15) is 0 Å². The Morgan fingerprint density at radius 3 is 2.53 bits per heavy atom. The second-order valence-electron chi connectivity index (χ2n) is 4.04. The Morgan fingerprint density at radius 2 is 1.95 bits per heavy atom. The summed E-state index contributed by atoms with van der Waals surface area (Å²) < 4.78 is 16.8. The van der Waals surface area contributed by atoms with Gasteiger partial charge >= 0.3 is 6.01 Å². The number of hydrogen-bond acceptors (Lipinski definition) is 7. The van der Waals surface area contributed by atoms with E-state index in [0.717, 1.165) is 0 Å². The summed E-state index contributed by atoms with van der Waals surface area (Å²) in [5.41, 5.74) is 0. The Labute approximate surface area is 116 Å².